The van der Waals surface area contributed by atoms with Crippen LogP contribution in [0.1, 0.15) is 11.1 Å². The molecule has 0 spiro atoms. The molecule has 0 bridgehead atoms. The van der Waals surface area contributed by atoms with Crippen molar-refractivity contribution in [1.29, 1.82) is 0 Å². The summed E-state index contributed by atoms with van der Waals surface area (Å²) in [7, 11) is 1.41. The van der Waals surface area contributed by atoms with Crippen LogP contribution in [0.15, 0.2) is 65.8 Å². The van der Waals surface area contributed by atoms with Crippen molar-refractivity contribution in [2.24, 2.45) is 5.16 Å². The first kappa shape index (κ1) is 14.1. The molecule has 0 saturated carbocycles. The fraction of sp³-hybridized carbons (Fsp3) is 0.176. The minimum atomic E-state index is -0.827. The van der Waals surface area contributed by atoms with E-state index in [0.717, 1.165) is 11.1 Å². The highest BCUT2D eigenvalue weighted by Gasteiger charge is 2.48. The molecule has 0 radical (unpaired) electrons. The van der Waals surface area contributed by atoms with E-state index in [0.29, 0.717) is 0 Å². The van der Waals surface area contributed by atoms with E-state index in [1.807, 2.05) is 60.7 Å². The number of benzene rings is 2. The number of hydrogen-bond donors (Lipinski definition) is 0. The second-order valence-corrected chi connectivity index (χ2v) is 4.86. The molecule has 1 saturated heterocycles. The van der Waals surface area contributed by atoms with Crippen LogP contribution in [0.25, 0.3) is 0 Å². The molecule has 2 aromatic rings. The lowest BCUT2D eigenvalue weighted by atomic mass is 9.74. The fourth-order valence-electron chi connectivity index (χ4n) is 2.63. The first-order valence-electron chi connectivity index (χ1n) is 6.84. The van der Waals surface area contributed by atoms with Crippen molar-refractivity contribution in [3.63, 3.8) is 0 Å². The molecule has 1 aliphatic heterocycles. The van der Waals surface area contributed by atoms with E-state index in [4.69, 9.17) is 14.3 Å². The third-order valence-electron chi connectivity index (χ3n) is 3.66. The average Bonchev–Trinajstić information content (AvgIpc) is 2.57. The summed E-state index contributed by atoms with van der Waals surface area (Å²) in [5.41, 5.74) is 0.987. The lowest BCUT2D eigenvalue weighted by Crippen LogP contribution is -2.48. The minimum Gasteiger partial charge on any atom is -0.432 e. The molecule has 1 aliphatic rings. The maximum absolute atomic E-state index is 11.5. The van der Waals surface area contributed by atoms with Gasteiger partial charge in [0.1, 0.15) is 19.1 Å². The monoisotopic (exact) mass is 297 g/mol. The van der Waals surface area contributed by atoms with Crippen molar-refractivity contribution in [2.75, 3.05) is 13.7 Å². The lowest BCUT2D eigenvalue weighted by Gasteiger charge is -2.36. The van der Waals surface area contributed by atoms with Crippen molar-refractivity contribution in [3.8, 4) is 0 Å². The van der Waals surface area contributed by atoms with E-state index in [2.05, 4.69) is 5.16 Å². The molecule has 1 heterocycles. The van der Waals surface area contributed by atoms with Crippen LogP contribution in [-0.4, -0.2) is 25.8 Å². The molecule has 1 fully saturated rings. The molecule has 5 heteroatoms. The Morgan fingerprint density at radius 1 is 1.00 bits per heavy atom. The minimum absolute atomic E-state index is 0.0993. The summed E-state index contributed by atoms with van der Waals surface area (Å²) in [6.45, 7) is 0.0993. The Kier molecular flexibility index (Phi) is 3.78. The first-order chi connectivity index (χ1) is 10.8. The van der Waals surface area contributed by atoms with Gasteiger partial charge in [-0.1, -0.05) is 65.8 Å². The van der Waals surface area contributed by atoms with Crippen LogP contribution in [0.3, 0.4) is 0 Å². The summed E-state index contributed by atoms with van der Waals surface area (Å²) >= 11 is 0. The summed E-state index contributed by atoms with van der Waals surface area (Å²) in [4.78, 5) is 16.4. The molecular weight excluding hydrogens is 282 g/mol. The molecule has 0 aromatic heterocycles. The molecule has 22 heavy (non-hydrogen) atoms. The summed E-state index contributed by atoms with van der Waals surface area (Å²) in [5.74, 6) is 0.170. The average molecular weight is 297 g/mol. The van der Waals surface area contributed by atoms with Gasteiger partial charge in [-0.3, -0.25) is 0 Å². The SMILES string of the molecule is CO/N=C1/OC(=O)OCC1(c1ccccc1)c1ccccc1. The van der Waals surface area contributed by atoms with Gasteiger partial charge >= 0.3 is 6.16 Å². The fourth-order valence-corrected chi connectivity index (χ4v) is 2.63. The molecular formula is C17H15NO4. The highest BCUT2D eigenvalue weighted by atomic mass is 16.7. The zero-order chi connectivity index (χ0) is 15.4. The number of nitrogens with zero attached hydrogens (tertiary/aromatic N) is 1. The molecule has 5 nitrogen and oxygen atoms in total. The molecule has 3 rings (SSSR count). The van der Waals surface area contributed by atoms with Crippen LogP contribution in [-0.2, 0) is 19.7 Å². The first-order valence-corrected chi connectivity index (χ1v) is 6.84. The second-order valence-electron chi connectivity index (χ2n) is 4.86. The highest BCUT2D eigenvalue weighted by molar-refractivity contribution is 5.99. The number of oxime groups is 1. The number of ether oxygens (including phenoxy) is 2. The van der Waals surface area contributed by atoms with E-state index >= 15 is 0 Å². The van der Waals surface area contributed by atoms with Gasteiger partial charge in [0.2, 0.25) is 0 Å². The highest BCUT2D eigenvalue weighted by Crippen LogP contribution is 2.37. The number of hydrogen-bond acceptors (Lipinski definition) is 5. The maximum Gasteiger partial charge on any atom is 0.515 e. The van der Waals surface area contributed by atoms with Gasteiger partial charge in [-0.2, -0.15) is 0 Å². The molecule has 0 amide bonds. The predicted octanol–water partition coefficient (Wildman–Crippen LogP) is 3.10. The van der Waals surface area contributed by atoms with Crippen molar-refractivity contribution in [2.45, 2.75) is 5.41 Å². The van der Waals surface area contributed by atoms with Gasteiger partial charge in [-0.15, -0.1) is 0 Å². The Bertz CT molecular complexity index is 643. The Morgan fingerprint density at radius 2 is 1.55 bits per heavy atom. The van der Waals surface area contributed by atoms with E-state index in [1.165, 1.54) is 7.11 Å². The molecule has 0 N–H and O–H groups in total. The second kappa shape index (κ2) is 5.89. The van der Waals surface area contributed by atoms with Crippen LogP contribution in [0.4, 0.5) is 4.79 Å². The molecule has 112 valence electrons. The van der Waals surface area contributed by atoms with Gasteiger partial charge in [0.25, 0.3) is 5.90 Å². The van der Waals surface area contributed by atoms with Gasteiger partial charge < -0.3 is 14.3 Å². The van der Waals surface area contributed by atoms with Gasteiger partial charge in [0, 0.05) is 0 Å². The summed E-state index contributed by atoms with van der Waals surface area (Å²) < 4.78 is 10.4. The predicted molar refractivity (Wildman–Crippen MR) is 80.5 cm³/mol. The largest absolute Gasteiger partial charge is 0.515 e. The lowest BCUT2D eigenvalue weighted by molar-refractivity contribution is 0.0537. The summed E-state index contributed by atoms with van der Waals surface area (Å²) in [6, 6.07) is 19.3. The third-order valence-corrected chi connectivity index (χ3v) is 3.66. The quantitative estimate of drug-likeness (QED) is 0.645. The Labute approximate surface area is 128 Å². The zero-order valence-corrected chi connectivity index (χ0v) is 12.1. The van der Waals surface area contributed by atoms with E-state index in [-0.39, 0.29) is 12.5 Å². The zero-order valence-electron chi connectivity index (χ0n) is 12.1. The number of carbonyl (C=O) groups excluding carboxylic acids is 1. The topological polar surface area (TPSA) is 57.1 Å². The third kappa shape index (κ3) is 2.30. The Hall–Kier alpha value is -2.82. The van der Waals surface area contributed by atoms with Gasteiger partial charge in [0.15, 0.2) is 0 Å². The maximum atomic E-state index is 11.5. The number of rotatable bonds is 3. The molecule has 2 aromatic carbocycles. The van der Waals surface area contributed by atoms with Gasteiger partial charge in [-0.25, -0.2) is 4.79 Å². The molecule has 0 atom stereocenters. The van der Waals surface area contributed by atoms with Crippen LogP contribution in [0.2, 0.25) is 0 Å². The molecule has 0 aliphatic carbocycles. The summed E-state index contributed by atoms with van der Waals surface area (Å²) in [6.07, 6.45) is -0.779. The summed E-state index contributed by atoms with van der Waals surface area (Å²) in [5, 5.41) is 3.93. The Balaban J connectivity index is 2.23. The van der Waals surface area contributed by atoms with E-state index in [9.17, 15) is 4.79 Å². The molecule has 0 unspecified atom stereocenters. The van der Waals surface area contributed by atoms with Gasteiger partial charge in [-0.05, 0) is 11.1 Å². The van der Waals surface area contributed by atoms with Crippen molar-refractivity contribution in [1.82, 2.24) is 0 Å². The van der Waals surface area contributed by atoms with E-state index in [1.54, 1.807) is 0 Å². The number of carbonyl (C=O) groups is 1. The van der Waals surface area contributed by atoms with Gasteiger partial charge in [0.05, 0.1) is 0 Å². The van der Waals surface area contributed by atoms with Crippen LogP contribution in [0.5, 0.6) is 0 Å². The van der Waals surface area contributed by atoms with Crippen LogP contribution < -0.4 is 0 Å². The van der Waals surface area contributed by atoms with E-state index < -0.39 is 11.6 Å². The normalized spacial score (nSPS) is 18.4. The number of cyclic esters (lactones) is 2. The smallest absolute Gasteiger partial charge is 0.432 e. The standard InChI is InChI=1S/C17H15NO4/c1-20-18-15-17(12-21-16(19)22-15,13-8-4-2-5-9-13)14-10-6-3-7-11-14/h2-11H,12H2,1H3/b18-15+. The van der Waals surface area contributed by atoms with Crippen LogP contribution in [0, 0.1) is 0 Å². The van der Waals surface area contributed by atoms with Crippen LogP contribution >= 0.6 is 0 Å². The van der Waals surface area contributed by atoms with Crippen molar-refractivity contribution in [3.05, 3.63) is 71.8 Å². The van der Waals surface area contributed by atoms with Crippen molar-refractivity contribution >= 4 is 12.1 Å². The Morgan fingerprint density at radius 3 is 2.05 bits per heavy atom. The van der Waals surface area contributed by atoms with Crippen molar-refractivity contribution < 1.29 is 19.1 Å².